The number of nitrogens with one attached hydrogen (secondary N) is 1. The van der Waals surface area contributed by atoms with Crippen LogP contribution in [0.25, 0.3) is 0 Å². The van der Waals surface area contributed by atoms with Crippen LogP contribution in [0.1, 0.15) is 38.2 Å². The van der Waals surface area contributed by atoms with Crippen LogP contribution in [0.3, 0.4) is 0 Å². The fourth-order valence-corrected chi connectivity index (χ4v) is 1.41. The lowest BCUT2D eigenvalue weighted by Crippen LogP contribution is -2.43. The Kier molecular flexibility index (Phi) is 17.1. The number of hydrogen-bond acceptors (Lipinski definition) is 6. The van der Waals surface area contributed by atoms with E-state index in [4.69, 9.17) is 21.5 Å². The van der Waals surface area contributed by atoms with Crippen LogP contribution in [0.15, 0.2) is 30.3 Å². The van der Waals surface area contributed by atoms with Gasteiger partial charge in [0.05, 0.1) is 0 Å². The van der Waals surface area contributed by atoms with Crippen molar-refractivity contribution in [3.8, 4) is 6.19 Å². The molecule has 6 heteroatoms. The second kappa shape index (κ2) is 17.1. The normalized spacial score (nSPS) is 10.0. The minimum absolute atomic E-state index is 0.302. The largest absolute Gasteiger partial charge is 0.396 e. The van der Waals surface area contributed by atoms with E-state index in [0.29, 0.717) is 12.9 Å². The van der Waals surface area contributed by atoms with Gasteiger partial charge in [0.1, 0.15) is 11.9 Å². The summed E-state index contributed by atoms with van der Waals surface area (Å²) in [5.41, 5.74) is 6.25. The maximum absolute atomic E-state index is 9.93. The Balaban J connectivity index is 0. The van der Waals surface area contributed by atoms with E-state index in [9.17, 15) is 4.79 Å². The van der Waals surface area contributed by atoms with Gasteiger partial charge in [-0.3, -0.25) is 15.1 Å². The summed E-state index contributed by atoms with van der Waals surface area (Å²) in [6.07, 6.45) is 5.77. The van der Waals surface area contributed by atoms with Gasteiger partial charge in [-0.05, 0) is 13.3 Å². The molecule has 0 bridgehead atoms. The molecule has 1 aromatic carbocycles. The highest BCUT2D eigenvalue weighted by atomic mass is 16.2. The van der Waals surface area contributed by atoms with E-state index in [0.717, 1.165) is 11.3 Å². The highest BCUT2D eigenvalue weighted by molar-refractivity contribution is 6.28. The van der Waals surface area contributed by atoms with E-state index >= 15 is 0 Å². The first-order valence-electron chi connectivity index (χ1n) is 7.98. The standard InChI is InChI=1S/C7H8.C6H14O.C5H8N4O/c1-7-5-3-2-4-6-7;1-2-3-4-5-6-7;1-9(3-6)5(8)4(7)2-10/h2-6H,1H3;7H,2-6H2,1H3;2,5,7H,8H2,1H3. The first kappa shape index (κ1) is 24.0. The lowest BCUT2D eigenvalue weighted by molar-refractivity contribution is -0.103. The van der Waals surface area contributed by atoms with E-state index in [-0.39, 0.29) is 5.71 Å². The van der Waals surface area contributed by atoms with E-state index in [1.165, 1.54) is 31.9 Å². The fraction of sp³-hybridized carbons (Fsp3) is 0.500. The van der Waals surface area contributed by atoms with Gasteiger partial charge in [0.25, 0.3) is 0 Å². The number of hydrogen-bond donors (Lipinski definition) is 3. The topological polar surface area (TPSA) is 114 Å². The molecule has 0 amide bonds. The molecule has 0 aliphatic rings. The molecule has 0 saturated carbocycles. The zero-order valence-corrected chi connectivity index (χ0v) is 14.9. The van der Waals surface area contributed by atoms with Gasteiger partial charge >= 0.3 is 0 Å². The van der Waals surface area contributed by atoms with Gasteiger partial charge in [-0.25, -0.2) is 0 Å². The van der Waals surface area contributed by atoms with E-state index in [1.54, 1.807) is 6.19 Å². The molecule has 1 aromatic rings. The number of benzene rings is 1. The third kappa shape index (κ3) is 14.7. The van der Waals surface area contributed by atoms with E-state index in [2.05, 4.69) is 26.0 Å². The number of aliphatic hydroxyl groups is 1. The SMILES string of the molecule is CCCCCCO.CN(C#N)C(N)C(=N)C=O.Cc1ccccc1. The molecule has 0 radical (unpaired) electrons. The first-order chi connectivity index (χ1) is 11.4. The van der Waals surface area contributed by atoms with Crippen molar-refractivity contribution in [3.63, 3.8) is 0 Å². The minimum Gasteiger partial charge on any atom is -0.396 e. The van der Waals surface area contributed by atoms with Gasteiger partial charge in [0.15, 0.2) is 12.5 Å². The van der Waals surface area contributed by atoms with Crippen LogP contribution < -0.4 is 5.73 Å². The van der Waals surface area contributed by atoms with Crippen molar-refractivity contribution < 1.29 is 9.90 Å². The second-order valence-corrected chi connectivity index (χ2v) is 5.17. The summed E-state index contributed by atoms with van der Waals surface area (Å²) in [5, 5.41) is 23.4. The van der Waals surface area contributed by atoms with Gasteiger partial charge < -0.3 is 10.8 Å². The number of rotatable bonds is 7. The molecule has 0 spiro atoms. The maximum Gasteiger partial charge on any atom is 0.180 e. The molecule has 4 N–H and O–H groups in total. The molecule has 0 fully saturated rings. The molecule has 1 rings (SSSR count). The minimum atomic E-state index is -0.914. The van der Waals surface area contributed by atoms with Crippen LogP contribution in [0.2, 0.25) is 0 Å². The summed E-state index contributed by atoms with van der Waals surface area (Å²) in [5.74, 6) is 0. The number of aryl methyl sites for hydroxylation is 1. The molecule has 0 aromatic heterocycles. The van der Waals surface area contributed by atoms with Crippen LogP contribution >= 0.6 is 0 Å². The average Bonchev–Trinajstić information content (AvgIpc) is 2.62. The summed E-state index contributed by atoms with van der Waals surface area (Å²) >= 11 is 0. The van der Waals surface area contributed by atoms with Crippen LogP contribution in [-0.4, -0.2) is 41.8 Å². The fourth-order valence-electron chi connectivity index (χ4n) is 1.41. The summed E-state index contributed by atoms with van der Waals surface area (Å²) in [7, 11) is 1.41. The number of carbonyl (C=O) groups is 1. The van der Waals surface area contributed by atoms with Crippen LogP contribution in [0.5, 0.6) is 0 Å². The number of nitrogens with two attached hydrogens (primary N) is 1. The smallest absolute Gasteiger partial charge is 0.180 e. The molecule has 0 saturated heterocycles. The lowest BCUT2D eigenvalue weighted by Gasteiger charge is -2.15. The molecule has 0 aliphatic carbocycles. The Morgan fingerprint density at radius 1 is 1.38 bits per heavy atom. The Morgan fingerprint density at radius 2 is 1.96 bits per heavy atom. The third-order valence-corrected chi connectivity index (χ3v) is 2.97. The van der Waals surface area contributed by atoms with Crippen molar-refractivity contribution in [1.29, 1.82) is 10.7 Å². The number of nitrogens with zero attached hydrogens (tertiary/aromatic N) is 2. The third-order valence-electron chi connectivity index (χ3n) is 2.97. The van der Waals surface area contributed by atoms with Crippen LogP contribution in [0.4, 0.5) is 0 Å². The lowest BCUT2D eigenvalue weighted by atomic mass is 10.2. The van der Waals surface area contributed by atoms with Gasteiger partial charge in [-0.1, -0.05) is 62.1 Å². The van der Waals surface area contributed by atoms with Gasteiger partial charge in [-0.2, -0.15) is 5.26 Å². The van der Waals surface area contributed by atoms with Crippen molar-refractivity contribution in [2.24, 2.45) is 5.73 Å². The summed E-state index contributed by atoms with van der Waals surface area (Å²) in [6.45, 7) is 4.61. The van der Waals surface area contributed by atoms with Crippen molar-refractivity contribution in [2.75, 3.05) is 13.7 Å². The summed E-state index contributed by atoms with van der Waals surface area (Å²) in [6, 6.07) is 10.3. The Labute approximate surface area is 145 Å². The molecular weight excluding hydrogens is 304 g/mol. The Bertz CT molecular complexity index is 468. The predicted octanol–water partition coefficient (Wildman–Crippen LogP) is 2.46. The molecule has 1 unspecified atom stereocenters. The number of unbranched alkanes of at least 4 members (excludes halogenated alkanes) is 3. The number of carbonyl (C=O) groups excluding carboxylic acids is 1. The average molecular weight is 334 g/mol. The first-order valence-corrected chi connectivity index (χ1v) is 7.98. The van der Waals surface area contributed by atoms with Crippen molar-refractivity contribution in [3.05, 3.63) is 35.9 Å². The zero-order valence-electron chi connectivity index (χ0n) is 14.9. The molecule has 134 valence electrons. The Hall–Kier alpha value is -2.23. The Morgan fingerprint density at radius 3 is 2.29 bits per heavy atom. The van der Waals surface area contributed by atoms with Gasteiger partial charge in [0, 0.05) is 13.7 Å². The van der Waals surface area contributed by atoms with Crippen molar-refractivity contribution in [1.82, 2.24) is 4.90 Å². The van der Waals surface area contributed by atoms with Crippen molar-refractivity contribution in [2.45, 2.75) is 45.7 Å². The van der Waals surface area contributed by atoms with E-state index in [1.807, 2.05) is 18.2 Å². The molecule has 1 atom stereocenters. The molecule has 6 nitrogen and oxygen atoms in total. The maximum atomic E-state index is 9.93. The highest BCUT2D eigenvalue weighted by Gasteiger charge is 2.11. The molecular formula is C18H30N4O2. The number of nitriles is 1. The van der Waals surface area contributed by atoms with E-state index < -0.39 is 6.17 Å². The quantitative estimate of drug-likeness (QED) is 0.177. The molecule has 0 heterocycles. The number of aliphatic hydroxyl groups excluding tert-OH is 1. The summed E-state index contributed by atoms with van der Waals surface area (Å²) in [4.78, 5) is 11.0. The van der Waals surface area contributed by atoms with Gasteiger partial charge in [-0.15, -0.1) is 0 Å². The predicted molar refractivity (Wildman–Crippen MR) is 97.5 cm³/mol. The summed E-state index contributed by atoms with van der Waals surface area (Å²) < 4.78 is 0. The second-order valence-electron chi connectivity index (χ2n) is 5.17. The van der Waals surface area contributed by atoms with Crippen molar-refractivity contribution >= 4 is 12.0 Å². The van der Waals surface area contributed by atoms with Crippen LogP contribution in [-0.2, 0) is 4.79 Å². The molecule has 24 heavy (non-hydrogen) atoms. The monoisotopic (exact) mass is 334 g/mol. The van der Waals surface area contributed by atoms with Gasteiger partial charge in [0.2, 0.25) is 0 Å². The highest BCUT2D eigenvalue weighted by Crippen LogP contribution is 1.96. The molecule has 0 aliphatic heterocycles. The number of aldehydes is 1. The van der Waals surface area contributed by atoms with Crippen LogP contribution in [0, 0.1) is 23.8 Å². The zero-order chi connectivity index (χ0) is 18.8.